The van der Waals surface area contributed by atoms with Crippen molar-refractivity contribution in [2.24, 2.45) is 0 Å². The average molecular weight is 236 g/mol. The first-order valence-electron chi connectivity index (χ1n) is 6.19. The third-order valence-corrected chi connectivity index (χ3v) is 2.89. The van der Waals surface area contributed by atoms with Gasteiger partial charge in [-0.25, -0.2) is 4.39 Å². The molecule has 0 radical (unpaired) electrons. The quantitative estimate of drug-likeness (QED) is 0.704. The summed E-state index contributed by atoms with van der Waals surface area (Å²) in [5, 5.41) is 0. The van der Waals surface area contributed by atoms with Crippen molar-refractivity contribution in [1.29, 1.82) is 0 Å². The molecule has 17 heavy (non-hydrogen) atoms. The van der Waals surface area contributed by atoms with Crippen molar-refractivity contribution in [3.63, 3.8) is 0 Å². The molecule has 0 heterocycles. The maximum Gasteiger partial charge on any atom is 0.165 e. The smallest absolute Gasteiger partial charge is 0.165 e. The summed E-state index contributed by atoms with van der Waals surface area (Å²) in [7, 11) is 0. The molecule has 0 fully saturated rings. The first kappa shape index (κ1) is 13.9. The van der Waals surface area contributed by atoms with Crippen LogP contribution in [0.15, 0.2) is 18.2 Å². The third kappa shape index (κ3) is 3.65. The summed E-state index contributed by atoms with van der Waals surface area (Å²) in [6, 6.07) is 4.86. The van der Waals surface area contributed by atoms with Gasteiger partial charge in [0.1, 0.15) is 5.82 Å². The van der Waals surface area contributed by atoms with Gasteiger partial charge in [0.05, 0.1) is 5.56 Å². The highest BCUT2D eigenvalue weighted by Crippen LogP contribution is 2.25. The number of unbranched alkanes of at least 4 members (excludes halogenated alkanes) is 1. The topological polar surface area (TPSA) is 17.1 Å². The summed E-state index contributed by atoms with van der Waals surface area (Å²) in [5.74, 6) is -0.491. The number of Topliss-reactive ketones (excluding diaryl/α,β-unsaturated/α-hetero) is 1. The maximum atomic E-state index is 13.6. The van der Waals surface area contributed by atoms with Gasteiger partial charge in [0.15, 0.2) is 5.78 Å². The molecule has 0 amide bonds. The van der Waals surface area contributed by atoms with E-state index in [0.717, 1.165) is 18.4 Å². The average Bonchev–Trinajstić information content (AvgIpc) is 2.24. The molecule has 0 aromatic heterocycles. The Morgan fingerprint density at radius 3 is 2.47 bits per heavy atom. The lowest BCUT2D eigenvalue weighted by Crippen LogP contribution is -2.13. The lowest BCUT2D eigenvalue weighted by molar-refractivity contribution is 0.0975. The third-order valence-electron chi connectivity index (χ3n) is 2.89. The number of carbonyl (C=O) groups excluding carboxylic acids is 1. The summed E-state index contributed by atoms with van der Waals surface area (Å²) >= 11 is 0. The number of carbonyl (C=O) groups is 1. The number of hydrogen-bond acceptors (Lipinski definition) is 1. The van der Waals surface area contributed by atoms with E-state index in [2.05, 4.69) is 20.8 Å². The Kier molecular flexibility index (Phi) is 4.44. The number of hydrogen-bond donors (Lipinski definition) is 0. The molecule has 0 unspecified atom stereocenters. The summed E-state index contributed by atoms with van der Waals surface area (Å²) < 4.78 is 13.6. The predicted molar refractivity (Wildman–Crippen MR) is 69.0 cm³/mol. The molecule has 0 aliphatic carbocycles. The van der Waals surface area contributed by atoms with Crippen molar-refractivity contribution in [3.8, 4) is 0 Å². The molecule has 94 valence electrons. The molecule has 0 saturated heterocycles. The van der Waals surface area contributed by atoms with Gasteiger partial charge >= 0.3 is 0 Å². The van der Waals surface area contributed by atoms with E-state index in [-0.39, 0.29) is 16.8 Å². The van der Waals surface area contributed by atoms with Crippen molar-refractivity contribution in [2.75, 3.05) is 0 Å². The van der Waals surface area contributed by atoms with E-state index in [4.69, 9.17) is 0 Å². The molecule has 0 atom stereocenters. The Hall–Kier alpha value is -1.18. The van der Waals surface area contributed by atoms with Gasteiger partial charge in [-0.15, -0.1) is 0 Å². The van der Waals surface area contributed by atoms with Gasteiger partial charge in [0, 0.05) is 6.42 Å². The second kappa shape index (κ2) is 5.44. The van der Waals surface area contributed by atoms with Crippen molar-refractivity contribution < 1.29 is 9.18 Å². The molecule has 1 aromatic rings. The van der Waals surface area contributed by atoms with E-state index >= 15 is 0 Å². The molecule has 2 heteroatoms. The first-order chi connectivity index (χ1) is 7.86. The van der Waals surface area contributed by atoms with Crippen LogP contribution in [0.2, 0.25) is 0 Å². The molecule has 0 aliphatic rings. The second-order valence-corrected chi connectivity index (χ2v) is 5.47. The molecule has 1 aromatic carbocycles. The van der Waals surface area contributed by atoms with Crippen molar-refractivity contribution >= 4 is 5.78 Å². The number of benzene rings is 1. The van der Waals surface area contributed by atoms with Crippen molar-refractivity contribution in [1.82, 2.24) is 0 Å². The highest BCUT2D eigenvalue weighted by atomic mass is 19.1. The Balaban J connectivity index is 3.02. The van der Waals surface area contributed by atoms with E-state index in [0.29, 0.717) is 6.42 Å². The van der Waals surface area contributed by atoms with Gasteiger partial charge in [-0.2, -0.15) is 0 Å². The van der Waals surface area contributed by atoms with Crippen LogP contribution in [-0.2, 0) is 5.41 Å². The molecule has 0 bridgehead atoms. The summed E-state index contributed by atoms with van der Waals surface area (Å²) in [4.78, 5) is 11.9. The summed E-state index contributed by atoms with van der Waals surface area (Å²) in [6.07, 6.45) is 2.20. The highest BCUT2D eigenvalue weighted by molar-refractivity contribution is 5.96. The molecule has 0 N–H and O–H groups in total. The maximum absolute atomic E-state index is 13.6. The summed E-state index contributed by atoms with van der Waals surface area (Å²) in [5.41, 5.74) is 1.18. The van der Waals surface area contributed by atoms with Gasteiger partial charge in [-0.3, -0.25) is 4.79 Å². The van der Waals surface area contributed by atoms with Crippen molar-refractivity contribution in [3.05, 3.63) is 35.1 Å². The van der Waals surface area contributed by atoms with Crippen LogP contribution in [0.4, 0.5) is 4.39 Å². The van der Waals surface area contributed by atoms with Crippen LogP contribution in [0.3, 0.4) is 0 Å². The van der Waals surface area contributed by atoms with Crippen LogP contribution < -0.4 is 0 Å². The van der Waals surface area contributed by atoms with Gasteiger partial charge < -0.3 is 0 Å². The molecule has 0 spiro atoms. The second-order valence-electron chi connectivity index (χ2n) is 5.47. The fourth-order valence-electron chi connectivity index (χ4n) is 1.68. The van der Waals surface area contributed by atoms with Crippen molar-refractivity contribution in [2.45, 2.75) is 52.4 Å². The monoisotopic (exact) mass is 236 g/mol. The summed E-state index contributed by atoms with van der Waals surface area (Å²) in [6.45, 7) is 8.19. The lowest BCUT2D eigenvalue weighted by Gasteiger charge is -2.19. The number of ketones is 1. The Bertz CT molecular complexity index is 402. The van der Waals surface area contributed by atoms with Gasteiger partial charge in [0.25, 0.3) is 0 Å². The molecule has 0 aliphatic heterocycles. The molecule has 1 rings (SSSR count). The molecule has 0 saturated carbocycles. The zero-order valence-electron chi connectivity index (χ0n) is 11.1. The minimum Gasteiger partial charge on any atom is -0.294 e. The van der Waals surface area contributed by atoms with Crippen LogP contribution >= 0.6 is 0 Å². The van der Waals surface area contributed by atoms with E-state index in [9.17, 15) is 9.18 Å². The Morgan fingerprint density at radius 1 is 1.29 bits per heavy atom. The van der Waals surface area contributed by atoms with Gasteiger partial charge in [-0.1, -0.05) is 40.2 Å². The first-order valence-corrected chi connectivity index (χ1v) is 6.19. The minimum absolute atomic E-state index is 0.0620. The van der Waals surface area contributed by atoms with Crippen LogP contribution in [-0.4, -0.2) is 5.78 Å². The van der Waals surface area contributed by atoms with E-state index in [1.54, 1.807) is 12.1 Å². The van der Waals surface area contributed by atoms with E-state index < -0.39 is 5.82 Å². The molecule has 1 nitrogen and oxygen atoms in total. The Morgan fingerprint density at radius 2 is 1.94 bits per heavy atom. The van der Waals surface area contributed by atoms with E-state index in [1.165, 1.54) is 6.07 Å². The largest absolute Gasteiger partial charge is 0.294 e. The SMILES string of the molecule is CCCCC(=O)c1cc(C(C)(C)C)ccc1F. The van der Waals surface area contributed by atoms with Gasteiger partial charge in [0.2, 0.25) is 0 Å². The molecular formula is C15H21FO. The van der Waals surface area contributed by atoms with Crippen LogP contribution in [0.25, 0.3) is 0 Å². The zero-order chi connectivity index (χ0) is 13.1. The fourth-order valence-corrected chi connectivity index (χ4v) is 1.68. The number of halogens is 1. The van der Waals surface area contributed by atoms with Crippen LogP contribution in [0.5, 0.6) is 0 Å². The van der Waals surface area contributed by atoms with Crippen LogP contribution in [0, 0.1) is 5.82 Å². The number of rotatable bonds is 4. The highest BCUT2D eigenvalue weighted by Gasteiger charge is 2.18. The van der Waals surface area contributed by atoms with Crippen LogP contribution in [0.1, 0.15) is 62.9 Å². The van der Waals surface area contributed by atoms with Gasteiger partial charge in [-0.05, 0) is 29.5 Å². The molecular weight excluding hydrogens is 215 g/mol. The zero-order valence-corrected chi connectivity index (χ0v) is 11.1. The minimum atomic E-state index is -0.404. The predicted octanol–water partition coefficient (Wildman–Crippen LogP) is 4.50. The normalized spacial score (nSPS) is 11.6. The lowest BCUT2D eigenvalue weighted by atomic mass is 9.85. The fraction of sp³-hybridized carbons (Fsp3) is 0.533. The Labute approximate surface area is 103 Å². The standard InChI is InChI=1S/C15H21FO/c1-5-6-7-14(17)12-10-11(15(2,3)4)8-9-13(12)16/h8-10H,5-7H2,1-4H3. The van der Waals surface area contributed by atoms with E-state index in [1.807, 2.05) is 6.92 Å².